The Labute approximate surface area is 136 Å². The second-order valence-corrected chi connectivity index (χ2v) is 5.81. The number of amides is 4. The average molecular weight is 317 g/mol. The molecule has 2 rings (SSSR count). The van der Waals surface area contributed by atoms with Crippen LogP contribution in [0.2, 0.25) is 0 Å². The van der Waals surface area contributed by atoms with Gasteiger partial charge in [-0.3, -0.25) is 14.5 Å². The van der Waals surface area contributed by atoms with E-state index in [1.807, 2.05) is 12.1 Å². The zero-order chi connectivity index (χ0) is 16.8. The predicted molar refractivity (Wildman–Crippen MR) is 86.9 cm³/mol. The number of carbonyl (C=O) groups is 3. The van der Waals surface area contributed by atoms with E-state index >= 15 is 0 Å². The van der Waals surface area contributed by atoms with E-state index in [4.69, 9.17) is 0 Å². The smallest absolute Gasteiger partial charge is 0.326 e. The van der Waals surface area contributed by atoms with Crippen molar-refractivity contribution >= 4 is 17.8 Å². The van der Waals surface area contributed by atoms with Gasteiger partial charge < -0.3 is 10.2 Å². The van der Waals surface area contributed by atoms with Gasteiger partial charge in [0.2, 0.25) is 11.8 Å². The fraction of sp³-hybridized carbons (Fsp3) is 0.471. The van der Waals surface area contributed by atoms with Crippen LogP contribution in [0.1, 0.15) is 24.0 Å². The van der Waals surface area contributed by atoms with Gasteiger partial charge in [-0.1, -0.05) is 24.3 Å². The summed E-state index contributed by atoms with van der Waals surface area (Å²) in [6, 6.07) is 7.82. The highest BCUT2D eigenvalue weighted by atomic mass is 16.2. The van der Waals surface area contributed by atoms with E-state index < -0.39 is 0 Å². The van der Waals surface area contributed by atoms with Crippen LogP contribution in [0.4, 0.5) is 4.79 Å². The zero-order valence-corrected chi connectivity index (χ0v) is 13.7. The SMILES string of the molecule is Cc1ccccc1CCNC(=O)CCCN1C(=O)CN(C)C1=O. The number of rotatable bonds is 7. The fourth-order valence-electron chi connectivity index (χ4n) is 2.60. The molecule has 0 aliphatic carbocycles. The molecular formula is C17H23N3O3. The summed E-state index contributed by atoms with van der Waals surface area (Å²) in [6.45, 7) is 3.07. The first-order chi connectivity index (χ1) is 11.0. The molecule has 0 atom stereocenters. The number of carbonyl (C=O) groups excluding carboxylic acids is 3. The third kappa shape index (κ3) is 4.55. The Morgan fingerprint density at radius 3 is 2.65 bits per heavy atom. The van der Waals surface area contributed by atoms with E-state index in [-0.39, 0.29) is 24.4 Å². The van der Waals surface area contributed by atoms with Gasteiger partial charge in [-0.25, -0.2) is 4.79 Å². The molecular weight excluding hydrogens is 294 g/mol. The van der Waals surface area contributed by atoms with Crippen molar-refractivity contribution in [2.24, 2.45) is 0 Å². The summed E-state index contributed by atoms with van der Waals surface area (Å²) in [5.74, 6) is -0.247. The first-order valence-corrected chi connectivity index (χ1v) is 7.85. The molecule has 1 aromatic rings. The van der Waals surface area contributed by atoms with Crippen molar-refractivity contribution in [3.05, 3.63) is 35.4 Å². The van der Waals surface area contributed by atoms with E-state index in [1.54, 1.807) is 7.05 Å². The predicted octanol–water partition coefficient (Wildman–Crippen LogP) is 1.33. The summed E-state index contributed by atoms with van der Waals surface area (Å²) in [7, 11) is 1.60. The number of nitrogens with zero attached hydrogens (tertiary/aromatic N) is 2. The van der Waals surface area contributed by atoms with Crippen molar-refractivity contribution in [3.8, 4) is 0 Å². The number of likely N-dealkylation sites (N-methyl/N-ethyl adjacent to an activating group) is 1. The molecule has 1 aliphatic heterocycles. The highest BCUT2D eigenvalue weighted by molar-refractivity contribution is 6.01. The Hall–Kier alpha value is -2.37. The normalized spacial score (nSPS) is 14.5. The summed E-state index contributed by atoms with van der Waals surface area (Å²) in [5.41, 5.74) is 2.45. The van der Waals surface area contributed by atoms with Crippen LogP contribution in [0, 0.1) is 6.92 Å². The maximum Gasteiger partial charge on any atom is 0.326 e. The van der Waals surface area contributed by atoms with Crippen LogP contribution in [-0.4, -0.2) is 54.3 Å². The van der Waals surface area contributed by atoms with Gasteiger partial charge in [0, 0.05) is 26.6 Å². The van der Waals surface area contributed by atoms with Crippen LogP contribution in [-0.2, 0) is 16.0 Å². The standard InChI is InChI=1S/C17H23N3O3/c1-13-6-3-4-7-14(13)9-10-18-15(21)8-5-11-20-16(22)12-19(2)17(20)23/h3-4,6-7H,5,8-12H2,1-2H3,(H,18,21). The topological polar surface area (TPSA) is 69.7 Å². The number of hydrogen-bond acceptors (Lipinski definition) is 3. The Bertz CT molecular complexity index is 601. The highest BCUT2D eigenvalue weighted by Gasteiger charge is 2.32. The number of benzene rings is 1. The molecule has 23 heavy (non-hydrogen) atoms. The quantitative estimate of drug-likeness (QED) is 0.771. The molecule has 1 fully saturated rings. The van der Waals surface area contributed by atoms with Crippen LogP contribution in [0.5, 0.6) is 0 Å². The zero-order valence-electron chi connectivity index (χ0n) is 13.7. The van der Waals surface area contributed by atoms with Crippen LogP contribution in [0.3, 0.4) is 0 Å². The molecule has 1 aliphatic rings. The maximum absolute atomic E-state index is 11.8. The van der Waals surface area contributed by atoms with Gasteiger partial charge in [-0.2, -0.15) is 0 Å². The minimum atomic E-state index is -0.282. The average Bonchev–Trinajstić information content (AvgIpc) is 2.75. The second-order valence-electron chi connectivity index (χ2n) is 5.81. The van der Waals surface area contributed by atoms with Crippen molar-refractivity contribution in [2.45, 2.75) is 26.2 Å². The maximum atomic E-state index is 11.8. The Morgan fingerprint density at radius 1 is 1.26 bits per heavy atom. The van der Waals surface area contributed by atoms with Crippen LogP contribution < -0.4 is 5.32 Å². The lowest BCUT2D eigenvalue weighted by atomic mass is 10.1. The highest BCUT2D eigenvalue weighted by Crippen LogP contribution is 2.09. The molecule has 1 heterocycles. The third-order valence-corrected chi connectivity index (χ3v) is 3.99. The molecule has 0 aromatic heterocycles. The van der Waals surface area contributed by atoms with Gasteiger partial charge in [0.1, 0.15) is 6.54 Å². The molecule has 6 nitrogen and oxygen atoms in total. The van der Waals surface area contributed by atoms with Crippen LogP contribution >= 0.6 is 0 Å². The van der Waals surface area contributed by atoms with Gasteiger partial charge in [-0.15, -0.1) is 0 Å². The first-order valence-electron chi connectivity index (χ1n) is 7.85. The summed E-state index contributed by atoms with van der Waals surface area (Å²) < 4.78 is 0. The second kappa shape index (κ2) is 7.76. The third-order valence-electron chi connectivity index (χ3n) is 3.99. The van der Waals surface area contributed by atoms with E-state index in [0.717, 1.165) is 6.42 Å². The monoisotopic (exact) mass is 317 g/mol. The van der Waals surface area contributed by atoms with Crippen molar-refractivity contribution < 1.29 is 14.4 Å². The van der Waals surface area contributed by atoms with Crippen LogP contribution in [0.15, 0.2) is 24.3 Å². The van der Waals surface area contributed by atoms with E-state index in [0.29, 0.717) is 25.9 Å². The molecule has 0 unspecified atom stereocenters. The summed E-state index contributed by atoms with van der Waals surface area (Å²) in [4.78, 5) is 37.7. The van der Waals surface area contributed by atoms with Crippen molar-refractivity contribution in [1.29, 1.82) is 0 Å². The number of nitrogens with one attached hydrogen (secondary N) is 1. The van der Waals surface area contributed by atoms with Gasteiger partial charge in [0.05, 0.1) is 0 Å². The Kier molecular flexibility index (Phi) is 5.73. The van der Waals surface area contributed by atoms with E-state index in [1.165, 1.54) is 20.9 Å². The summed E-state index contributed by atoms with van der Waals surface area (Å²) in [5, 5.41) is 2.88. The van der Waals surface area contributed by atoms with Crippen molar-refractivity contribution in [1.82, 2.24) is 15.1 Å². The molecule has 124 valence electrons. The number of imide groups is 1. The van der Waals surface area contributed by atoms with Crippen molar-refractivity contribution in [2.75, 3.05) is 26.7 Å². The molecule has 1 N–H and O–H groups in total. The van der Waals surface area contributed by atoms with Gasteiger partial charge in [0.15, 0.2) is 0 Å². The summed E-state index contributed by atoms with van der Waals surface area (Å²) >= 11 is 0. The molecule has 0 spiro atoms. The minimum Gasteiger partial charge on any atom is -0.356 e. The van der Waals surface area contributed by atoms with Crippen molar-refractivity contribution in [3.63, 3.8) is 0 Å². The molecule has 0 radical (unpaired) electrons. The summed E-state index contributed by atoms with van der Waals surface area (Å²) in [6.07, 6.45) is 1.60. The Morgan fingerprint density at radius 2 is 2.00 bits per heavy atom. The van der Waals surface area contributed by atoms with Gasteiger partial charge in [0.25, 0.3) is 0 Å². The number of hydrogen-bond donors (Lipinski definition) is 1. The van der Waals surface area contributed by atoms with E-state index in [9.17, 15) is 14.4 Å². The molecule has 0 bridgehead atoms. The van der Waals surface area contributed by atoms with Crippen LogP contribution in [0.25, 0.3) is 0 Å². The lowest BCUT2D eigenvalue weighted by Crippen LogP contribution is -2.33. The molecule has 4 amide bonds. The van der Waals surface area contributed by atoms with Gasteiger partial charge >= 0.3 is 6.03 Å². The first kappa shape index (κ1) is 17.0. The fourth-order valence-corrected chi connectivity index (χ4v) is 2.60. The largest absolute Gasteiger partial charge is 0.356 e. The molecule has 1 aromatic carbocycles. The van der Waals surface area contributed by atoms with E-state index in [2.05, 4.69) is 24.4 Å². The molecule has 1 saturated heterocycles. The molecule has 6 heteroatoms. The lowest BCUT2D eigenvalue weighted by Gasteiger charge is -2.13. The molecule has 0 saturated carbocycles. The number of urea groups is 1. The number of aryl methyl sites for hydroxylation is 1. The van der Waals surface area contributed by atoms with Gasteiger partial charge in [-0.05, 0) is 30.9 Å². The minimum absolute atomic E-state index is 0.0500. The Balaban J connectivity index is 1.65. The lowest BCUT2D eigenvalue weighted by molar-refractivity contribution is -0.126.